The van der Waals surface area contributed by atoms with Gasteiger partial charge in [-0.3, -0.25) is 0 Å². The minimum Gasteiger partial charge on any atom is -0.453 e. The van der Waals surface area contributed by atoms with Gasteiger partial charge in [0.25, 0.3) is 0 Å². The molecule has 0 unspecified atom stereocenters. The summed E-state index contributed by atoms with van der Waals surface area (Å²) in [5.74, 6) is 1.76. The Morgan fingerprint density at radius 3 is 1.75 bits per heavy atom. The number of anilines is 3. The number of hydrogen-bond donors (Lipinski definition) is 0. The number of nitrogens with zero attached hydrogens (tertiary/aromatic N) is 2. The summed E-state index contributed by atoms with van der Waals surface area (Å²) in [6.45, 7) is 0. The average Bonchev–Trinajstić information content (AvgIpc) is 3.92. The largest absolute Gasteiger partial charge is 0.453 e. The molecule has 0 saturated carbocycles. The summed E-state index contributed by atoms with van der Waals surface area (Å²) in [4.78, 5) is 2.39. The van der Waals surface area contributed by atoms with Crippen LogP contribution < -0.4 is 9.64 Å². The summed E-state index contributed by atoms with van der Waals surface area (Å²) in [6, 6.07) is 83.4. The molecule has 1 aliphatic rings. The van der Waals surface area contributed by atoms with E-state index in [1.165, 1.54) is 75.4 Å². The van der Waals surface area contributed by atoms with Gasteiger partial charge in [-0.25, -0.2) is 0 Å². The van der Waals surface area contributed by atoms with Gasteiger partial charge >= 0.3 is 0 Å². The molecule has 0 aliphatic carbocycles. The lowest BCUT2D eigenvalue weighted by molar-refractivity contribution is 0.476. The lowest BCUT2D eigenvalue weighted by Gasteiger charge is -2.27. The SMILES string of the molecule is c1ccc(-c2ccc(N(c3ccc(-c4ccc5c(c4)c4cccc6c4n5-c4ccccc4O6)cc3)c3ccc(-c4cccc5c4sc4ccccc45)cc3)cc2-c2ccccc2)cc1. The first-order valence-electron chi connectivity index (χ1n) is 21.7. The lowest BCUT2D eigenvalue weighted by atomic mass is 9.93. The molecule has 0 spiro atoms. The van der Waals surface area contributed by atoms with Crippen LogP contribution in [0.5, 0.6) is 11.5 Å². The molecule has 0 bridgehead atoms. The highest BCUT2D eigenvalue weighted by Gasteiger charge is 2.24. The van der Waals surface area contributed by atoms with Gasteiger partial charge in [-0.15, -0.1) is 11.3 Å². The fraction of sp³-hybridized carbons (Fsp3) is 0. The molecule has 0 radical (unpaired) electrons. The molecule has 12 aromatic rings. The molecule has 2 aromatic heterocycles. The Kier molecular flexibility index (Phi) is 8.40. The number of aromatic nitrogens is 1. The van der Waals surface area contributed by atoms with E-state index in [1.807, 2.05) is 23.5 Å². The maximum absolute atomic E-state index is 6.40. The molecule has 0 fully saturated rings. The molecule has 1 aliphatic heterocycles. The van der Waals surface area contributed by atoms with Crippen molar-refractivity contribution in [1.29, 1.82) is 0 Å². The number of fused-ring (bicyclic) bond motifs is 8. The zero-order valence-electron chi connectivity index (χ0n) is 34.7. The van der Waals surface area contributed by atoms with Gasteiger partial charge in [0.15, 0.2) is 11.5 Å². The summed E-state index contributed by atoms with van der Waals surface area (Å²) < 4.78 is 11.4. The topological polar surface area (TPSA) is 17.4 Å². The van der Waals surface area contributed by atoms with E-state index in [-0.39, 0.29) is 0 Å². The van der Waals surface area contributed by atoms with Gasteiger partial charge in [-0.05, 0) is 117 Å². The van der Waals surface area contributed by atoms with Crippen LogP contribution in [0.1, 0.15) is 0 Å². The Labute approximate surface area is 374 Å². The maximum atomic E-state index is 6.40. The molecule has 0 saturated heterocycles. The molecule has 0 atom stereocenters. The molecule has 0 N–H and O–H groups in total. The molecular formula is C60H38N2OS. The predicted molar refractivity (Wildman–Crippen MR) is 270 cm³/mol. The average molecular weight is 835 g/mol. The van der Waals surface area contributed by atoms with Crippen LogP contribution in [0.15, 0.2) is 231 Å². The first-order chi connectivity index (χ1) is 31.7. The third-order valence-electron chi connectivity index (χ3n) is 12.8. The van der Waals surface area contributed by atoms with E-state index >= 15 is 0 Å². The first kappa shape index (κ1) is 36.5. The number of benzene rings is 10. The third kappa shape index (κ3) is 5.88. The molecule has 13 rings (SSSR count). The molecule has 4 heteroatoms. The van der Waals surface area contributed by atoms with Crippen molar-refractivity contribution in [3.8, 4) is 61.7 Å². The third-order valence-corrected chi connectivity index (χ3v) is 14.0. The Bertz CT molecular complexity index is 3740. The second-order valence-corrected chi connectivity index (χ2v) is 17.5. The molecule has 3 heterocycles. The van der Waals surface area contributed by atoms with Crippen molar-refractivity contribution in [2.45, 2.75) is 0 Å². The highest BCUT2D eigenvalue weighted by molar-refractivity contribution is 7.26. The predicted octanol–water partition coefficient (Wildman–Crippen LogP) is 17.4. The molecule has 3 nitrogen and oxygen atoms in total. The molecule has 10 aromatic carbocycles. The molecule has 0 amide bonds. The Balaban J connectivity index is 0.935. The number of ether oxygens (including phenoxy) is 1. The quantitative estimate of drug-likeness (QED) is 0.159. The smallest absolute Gasteiger partial charge is 0.152 e. The van der Waals surface area contributed by atoms with Gasteiger partial charge < -0.3 is 14.2 Å². The lowest BCUT2D eigenvalue weighted by Crippen LogP contribution is -2.10. The summed E-state index contributed by atoms with van der Waals surface area (Å²) in [5.41, 5.74) is 16.2. The van der Waals surface area contributed by atoms with Crippen LogP contribution in [-0.4, -0.2) is 4.57 Å². The summed E-state index contributed by atoms with van der Waals surface area (Å²) in [5, 5.41) is 5.02. The van der Waals surface area contributed by atoms with Crippen LogP contribution in [-0.2, 0) is 0 Å². The zero-order valence-corrected chi connectivity index (χ0v) is 35.5. The van der Waals surface area contributed by atoms with E-state index in [1.54, 1.807) is 0 Å². The van der Waals surface area contributed by atoms with Crippen LogP contribution >= 0.6 is 11.3 Å². The highest BCUT2D eigenvalue weighted by Crippen LogP contribution is 2.47. The van der Waals surface area contributed by atoms with Crippen molar-refractivity contribution in [1.82, 2.24) is 4.57 Å². The number of hydrogen-bond acceptors (Lipinski definition) is 3. The molecular weight excluding hydrogens is 797 g/mol. The van der Waals surface area contributed by atoms with E-state index < -0.39 is 0 Å². The fourth-order valence-electron chi connectivity index (χ4n) is 9.81. The Morgan fingerprint density at radius 2 is 0.953 bits per heavy atom. The van der Waals surface area contributed by atoms with E-state index in [0.717, 1.165) is 45.3 Å². The number of para-hydroxylation sites is 3. The monoisotopic (exact) mass is 834 g/mol. The summed E-state index contributed by atoms with van der Waals surface area (Å²) in [6.07, 6.45) is 0. The van der Waals surface area contributed by atoms with E-state index in [4.69, 9.17) is 4.74 Å². The van der Waals surface area contributed by atoms with Crippen molar-refractivity contribution in [3.05, 3.63) is 231 Å². The van der Waals surface area contributed by atoms with Crippen LogP contribution in [0.3, 0.4) is 0 Å². The molecule has 64 heavy (non-hydrogen) atoms. The number of rotatable bonds is 7. The van der Waals surface area contributed by atoms with Crippen LogP contribution in [0.4, 0.5) is 17.1 Å². The normalized spacial score (nSPS) is 11.9. The Morgan fingerprint density at radius 1 is 0.359 bits per heavy atom. The van der Waals surface area contributed by atoms with Crippen LogP contribution in [0.25, 0.3) is 92.2 Å². The fourth-order valence-corrected chi connectivity index (χ4v) is 11.0. The van der Waals surface area contributed by atoms with Gasteiger partial charge in [0.05, 0.1) is 16.7 Å². The van der Waals surface area contributed by atoms with E-state index in [0.29, 0.717) is 0 Å². The van der Waals surface area contributed by atoms with E-state index in [2.05, 4.69) is 228 Å². The zero-order chi connectivity index (χ0) is 42.1. The van der Waals surface area contributed by atoms with Gasteiger partial charge in [0, 0.05) is 48.0 Å². The van der Waals surface area contributed by atoms with Gasteiger partial charge in [-0.2, -0.15) is 0 Å². The maximum Gasteiger partial charge on any atom is 0.152 e. The highest BCUT2D eigenvalue weighted by atomic mass is 32.1. The summed E-state index contributed by atoms with van der Waals surface area (Å²) >= 11 is 1.87. The minimum atomic E-state index is 0.873. The van der Waals surface area contributed by atoms with E-state index in [9.17, 15) is 0 Å². The van der Waals surface area contributed by atoms with Crippen LogP contribution in [0.2, 0.25) is 0 Å². The summed E-state index contributed by atoms with van der Waals surface area (Å²) in [7, 11) is 0. The second kappa shape index (κ2) is 14.7. The number of thiophene rings is 1. The van der Waals surface area contributed by atoms with Crippen molar-refractivity contribution >= 4 is 70.4 Å². The van der Waals surface area contributed by atoms with Crippen molar-refractivity contribution in [2.75, 3.05) is 4.90 Å². The Hall–Kier alpha value is -8.18. The van der Waals surface area contributed by atoms with Crippen LogP contribution in [0, 0.1) is 0 Å². The molecule has 300 valence electrons. The van der Waals surface area contributed by atoms with Crippen molar-refractivity contribution in [3.63, 3.8) is 0 Å². The second-order valence-electron chi connectivity index (χ2n) is 16.5. The minimum absolute atomic E-state index is 0.873. The first-order valence-corrected chi connectivity index (χ1v) is 22.6. The van der Waals surface area contributed by atoms with Gasteiger partial charge in [-0.1, -0.05) is 158 Å². The standard InChI is InChI=1S/C60H38N2OS/c1-3-13-40(14-4-1)47-35-34-46(38-52(47)41-15-5-2-6-16-41)61(45-32-27-42(28-33-45)48-18-11-20-51-49-17-7-10-24-58(49)64-60(48)51)44-30-25-39(26-31-44)43-29-36-54-53(37-43)50-19-12-23-57-59(50)62(54)55-21-8-9-22-56(55)63-57/h1-38H. The van der Waals surface area contributed by atoms with Crippen molar-refractivity contribution in [2.24, 2.45) is 0 Å². The van der Waals surface area contributed by atoms with Gasteiger partial charge in [0.2, 0.25) is 0 Å². The van der Waals surface area contributed by atoms with Gasteiger partial charge in [0.1, 0.15) is 0 Å². The van der Waals surface area contributed by atoms with Crippen molar-refractivity contribution < 1.29 is 4.74 Å².